The van der Waals surface area contributed by atoms with E-state index < -0.39 is 6.03 Å². The second kappa shape index (κ2) is 3.90. The number of carbonyl (C=O) groups is 1. The Bertz CT molecular complexity index is 378. The topological polar surface area (TPSA) is 58.4 Å². The Labute approximate surface area is 89.1 Å². The summed E-state index contributed by atoms with van der Waals surface area (Å²) in [6, 6.07) is 7.69. The third-order valence-electron chi connectivity index (χ3n) is 2.65. The first-order valence-corrected chi connectivity index (χ1v) is 5.06. The van der Waals surface area contributed by atoms with E-state index in [0.29, 0.717) is 6.54 Å². The molecule has 0 aliphatic carbocycles. The van der Waals surface area contributed by atoms with Crippen LogP contribution in [-0.2, 0) is 6.54 Å². The van der Waals surface area contributed by atoms with Crippen molar-refractivity contribution in [3.8, 4) is 0 Å². The summed E-state index contributed by atoms with van der Waals surface area (Å²) in [4.78, 5) is 13.0. The molecule has 2 rings (SSSR count). The first kappa shape index (κ1) is 9.98. The Morgan fingerprint density at radius 1 is 1.53 bits per heavy atom. The van der Waals surface area contributed by atoms with Crippen LogP contribution in [0.2, 0.25) is 0 Å². The monoisotopic (exact) mass is 205 g/mol. The van der Waals surface area contributed by atoms with Gasteiger partial charge in [0, 0.05) is 24.8 Å². The van der Waals surface area contributed by atoms with Crippen LogP contribution in [0.5, 0.6) is 0 Å². The fourth-order valence-electron chi connectivity index (χ4n) is 1.85. The number of primary amides is 1. The predicted molar refractivity (Wildman–Crippen MR) is 59.7 cm³/mol. The third kappa shape index (κ3) is 1.94. The van der Waals surface area contributed by atoms with Gasteiger partial charge in [0.25, 0.3) is 0 Å². The number of urea groups is 1. The SMILES string of the molecule is CC1CN(C(N)=O)c2ccccc2CN1. The molecule has 4 nitrogen and oxygen atoms in total. The Balaban J connectivity index is 2.41. The zero-order chi connectivity index (χ0) is 10.8. The summed E-state index contributed by atoms with van der Waals surface area (Å²) in [5.74, 6) is 0. The number of carbonyl (C=O) groups excluding carboxylic acids is 1. The minimum absolute atomic E-state index is 0.255. The molecule has 3 N–H and O–H groups in total. The molecular formula is C11H15N3O. The van der Waals surface area contributed by atoms with E-state index in [4.69, 9.17) is 5.73 Å². The molecule has 0 radical (unpaired) electrons. The van der Waals surface area contributed by atoms with E-state index >= 15 is 0 Å². The van der Waals surface area contributed by atoms with Gasteiger partial charge in [0.2, 0.25) is 0 Å². The Hall–Kier alpha value is -1.55. The Kier molecular flexibility index (Phi) is 2.60. The molecule has 1 heterocycles. The molecule has 1 unspecified atom stereocenters. The number of nitrogens with two attached hydrogens (primary N) is 1. The van der Waals surface area contributed by atoms with Crippen LogP contribution in [0.25, 0.3) is 0 Å². The van der Waals surface area contributed by atoms with Gasteiger partial charge in [-0.25, -0.2) is 4.79 Å². The molecule has 0 fully saturated rings. The molecule has 1 aliphatic rings. The molecule has 15 heavy (non-hydrogen) atoms. The first-order valence-electron chi connectivity index (χ1n) is 5.06. The summed E-state index contributed by atoms with van der Waals surface area (Å²) in [7, 11) is 0. The zero-order valence-corrected chi connectivity index (χ0v) is 8.73. The number of benzene rings is 1. The number of nitrogens with one attached hydrogen (secondary N) is 1. The molecule has 2 amide bonds. The van der Waals surface area contributed by atoms with E-state index in [9.17, 15) is 4.79 Å². The van der Waals surface area contributed by atoms with E-state index in [2.05, 4.69) is 5.32 Å². The number of amides is 2. The Morgan fingerprint density at radius 2 is 2.27 bits per heavy atom. The zero-order valence-electron chi connectivity index (χ0n) is 8.73. The summed E-state index contributed by atoms with van der Waals surface area (Å²) in [6.45, 7) is 3.44. The van der Waals surface area contributed by atoms with Crippen molar-refractivity contribution < 1.29 is 4.79 Å². The van der Waals surface area contributed by atoms with Crippen molar-refractivity contribution in [2.75, 3.05) is 11.4 Å². The highest BCUT2D eigenvalue weighted by molar-refractivity contribution is 5.91. The number of hydrogen-bond acceptors (Lipinski definition) is 2. The molecule has 0 saturated heterocycles. The van der Waals surface area contributed by atoms with Crippen molar-refractivity contribution in [2.45, 2.75) is 19.5 Å². The minimum atomic E-state index is -0.391. The maximum atomic E-state index is 11.3. The van der Waals surface area contributed by atoms with Crippen LogP contribution < -0.4 is 16.0 Å². The van der Waals surface area contributed by atoms with Gasteiger partial charge in [0.15, 0.2) is 0 Å². The molecule has 0 saturated carbocycles. The van der Waals surface area contributed by atoms with Crippen LogP contribution >= 0.6 is 0 Å². The Morgan fingerprint density at radius 3 is 3.00 bits per heavy atom. The van der Waals surface area contributed by atoms with E-state index in [0.717, 1.165) is 17.8 Å². The van der Waals surface area contributed by atoms with Crippen LogP contribution in [0.15, 0.2) is 24.3 Å². The van der Waals surface area contributed by atoms with E-state index in [1.807, 2.05) is 31.2 Å². The molecule has 0 spiro atoms. The van der Waals surface area contributed by atoms with Crippen LogP contribution in [0, 0.1) is 0 Å². The first-order chi connectivity index (χ1) is 7.18. The van der Waals surface area contributed by atoms with Crippen molar-refractivity contribution in [1.29, 1.82) is 0 Å². The lowest BCUT2D eigenvalue weighted by Gasteiger charge is -2.21. The van der Waals surface area contributed by atoms with Crippen LogP contribution in [0.4, 0.5) is 10.5 Å². The summed E-state index contributed by atoms with van der Waals surface area (Å²) in [5.41, 5.74) is 7.40. The standard InChI is InChI=1S/C11H15N3O/c1-8-7-14(11(12)15)10-5-3-2-4-9(10)6-13-8/h2-5,8,13H,6-7H2,1H3,(H2,12,15). The smallest absolute Gasteiger partial charge is 0.319 e. The van der Waals surface area contributed by atoms with E-state index in [-0.39, 0.29) is 6.04 Å². The van der Waals surface area contributed by atoms with Gasteiger partial charge in [-0.2, -0.15) is 0 Å². The van der Waals surface area contributed by atoms with Gasteiger partial charge in [-0.15, -0.1) is 0 Å². The normalized spacial score (nSPS) is 20.6. The highest BCUT2D eigenvalue weighted by Gasteiger charge is 2.21. The number of hydrogen-bond donors (Lipinski definition) is 2. The fraction of sp³-hybridized carbons (Fsp3) is 0.364. The van der Waals surface area contributed by atoms with Crippen molar-refractivity contribution in [3.05, 3.63) is 29.8 Å². The highest BCUT2D eigenvalue weighted by Crippen LogP contribution is 2.22. The molecule has 1 aromatic rings. The quantitative estimate of drug-likeness (QED) is 0.665. The van der Waals surface area contributed by atoms with E-state index in [1.165, 1.54) is 0 Å². The van der Waals surface area contributed by atoms with Gasteiger partial charge >= 0.3 is 6.03 Å². The molecular weight excluding hydrogens is 190 g/mol. The molecule has 0 bridgehead atoms. The van der Waals surface area contributed by atoms with Gasteiger partial charge in [0.05, 0.1) is 0 Å². The number of fused-ring (bicyclic) bond motifs is 1. The van der Waals surface area contributed by atoms with E-state index in [1.54, 1.807) is 4.90 Å². The maximum absolute atomic E-state index is 11.3. The predicted octanol–water partition coefficient (Wildman–Crippen LogP) is 1.06. The second-order valence-corrected chi connectivity index (χ2v) is 3.86. The summed E-state index contributed by atoms with van der Waals surface area (Å²) < 4.78 is 0. The second-order valence-electron chi connectivity index (χ2n) is 3.86. The lowest BCUT2D eigenvalue weighted by molar-refractivity contribution is 0.253. The van der Waals surface area contributed by atoms with Crippen LogP contribution in [-0.4, -0.2) is 18.6 Å². The number of para-hydroxylation sites is 1. The molecule has 80 valence electrons. The van der Waals surface area contributed by atoms with Gasteiger partial charge in [-0.1, -0.05) is 18.2 Å². The van der Waals surface area contributed by atoms with Crippen LogP contribution in [0.3, 0.4) is 0 Å². The fourth-order valence-corrected chi connectivity index (χ4v) is 1.85. The number of anilines is 1. The van der Waals surface area contributed by atoms with Gasteiger partial charge in [-0.3, -0.25) is 4.90 Å². The molecule has 1 atom stereocenters. The number of rotatable bonds is 0. The average Bonchev–Trinajstić information content (AvgIpc) is 2.39. The molecule has 1 aliphatic heterocycles. The highest BCUT2D eigenvalue weighted by atomic mass is 16.2. The van der Waals surface area contributed by atoms with Gasteiger partial charge in [-0.05, 0) is 18.6 Å². The summed E-state index contributed by atoms with van der Waals surface area (Å²) in [5, 5.41) is 3.34. The lowest BCUT2D eigenvalue weighted by Crippen LogP contribution is -2.42. The maximum Gasteiger partial charge on any atom is 0.319 e. The van der Waals surface area contributed by atoms with Crippen molar-refractivity contribution >= 4 is 11.7 Å². The lowest BCUT2D eigenvalue weighted by atomic mass is 10.1. The van der Waals surface area contributed by atoms with Crippen LogP contribution in [0.1, 0.15) is 12.5 Å². The summed E-state index contributed by atoms with van der Waals surface area (Å²) in [6.07, 6.45) is 0. The van der Waals surface area contributed by atoms with Gasteiger partial charge in [0.1, 0.15) is 0 Å². The molecule has 4 heteroatoms. The summed E-state index contributed by atoms with van der Waals surface area (Å²) >= 11 is 0. The third-order valence-corrected chi connectivity index (χ3v) is 2.65. The molecule has 1 aromatic carbocycles. The van der Waals surface area contributed by atoms with Crippen molar-refractivity contribution in [1.82, 2.24) is 5.32 Å². The van der Waals surface area contributed by atoms with Crippen molar-refractivity contribution in [3.63, 3.8) is 0 Å². The van der Waals surface area contributed by atoms with Gasteiger partial charge < -0.3 is 11.1 Å². The molecule has 0 aromatic heterocycles. The largest absolute Gasteiger partial charge is 0.351 e. The average molecular weight is 205 g/mol. The number of nitrogens with zero attached hydrogens (tertiary/aromatic N) is 1. The van der Waals surface area contributed by atoms with Crippen molar-refractivity contribution in [2.24, 2.45) is 5.73 Å². The minimum Gasteiger partial charge on any atom is -0.351 e.